The lowest BCUT2D eigenvalue weighted by molar-refractivity contribution is -0.145. The van der Waals surface area contributed by atoms with Gasteiger partial charge in [-0.15, -0.1) is 0 Å². The Labute approximate surface area is 239 Å². The van der Waals surface area contributed by atoms with Crippen LogP contribution in [0.1, 0.15) is 30.4 Å². The van der Waals surface area contributed by atoms with Crippen molar-refractivity contribution in [1.82, 2.24) is 9.13 Å². The number of carboxylic acids is 1. The fourth-order valence-corrected chi connectivity index (χ4v) is 5.81. The smallest absolute Gasteiger partial charge is 0.344 e. The van der Waals surface area contributed by atoms with E-state index in [2.05, 4.69) is 6.07 Å². The topological polar surface area (TPSA) is 73.5 Å². The second-order valence-electron chi connectivity index (χ2n) is 10.4. The van der Waals surface area contributed by atoms with E-state index in [0.29, 0.717) is 5.75 Å². The normalized spacial score (nSPS) is 13.4. The van der Waals surface area contributed by atoms with Crippen LogP contribution in [0.2, 0.25) is 0 Å². The third kappa shape index (κ3) is 5.33. The Balaban J connectivity index is 1.44. The lowest BCUT2D eigenvalue weighted by Crippen LogP contribution is -2.31. The molecule has 1 N–H and O–H groups in total. The van der Waals surface area contributed by atoms with E-state index in [4.69, 9.17) is 4.74 Å². The molecule has 1 atom stereocenters. The molecule has 6 nitrogen and oxygen atoms in total. The first-order chi connectivity index (χ1) is 20.1. The van der Waals surface area contributed by atoms with E-state index in [9.17, 15) is 14.7 Å². The molecule has 0 amide bonds. The van der Waals surface area contributed by atoms with Crippen LogP contribution in [-0.2, 0) is 24.2 Å². The Bertz CT molecular complexity index is 1710. The van der Waals surface area contributed by atoms with Crippen molar-refractivity contribution in [2.75, 3.05) is 0 Å². The van der Waals surface area contributed by atoms with Crippen LogP contribution in [-0.4, -0.2) is 26.3 Å². The lowest BCUT2D eigenvalue weighted by Gasteiger charge is -2.22. The SMILES string of the molecule is O=C(O)C(CCn1c(-c2ccccc2)c(-c2ccccc2)n(-c2ccccc2)c1=O)Oc1cccc2c1CCCC2. The molecule has 0 spiro atoms. The van der Waals surface area contributed by atoms with Crippen LogP contribution in [0.4, 0.5) is 0 Å². The summed E-state index contributed by atoms with van der Waals surface area (Å²) in [4.78, 5) is 26.7. The van der Waals surface area contributed by atoms with Crippen molar-refractivity contribution in [3.63, 3.8) is 0 Å². The number of hydrogen-bond acceptors (Lipinski definition) is 3. The van der Waals surface area contributed by atoms with Crippen molar-refractivity contribution < 1.29 is 14.6 Å². The summed E-state index contributed by atoms with van der Waals surface area (Å²) in [7, 11) is 0. The molecule has 6 rings (SSSR count). The Kier molecular flexibility index (Phi) is 7.54. The molecule has 206 valence electrons. The highest BCUT2D eigenvalue weighted by Crippen LogP contribution is 2.34. The second-order valence-corrected chi connectivity index (χ2v) is 10.4. The number of aryl methyl sites for hydroxylation is 1. The Morgan fingerprint density at radius 1 is 0.756 bits per heavy atom. The zero-order valence-electron chi connectivity index (χ0n) is 22.8. The van der Waals surface area contributed by atoms with Crippen molar-refractivity contribution in [2.45, 2.75) is 44.8 Å². The predicted molar refractivity (Wildman–Crippen MR) is 161 cm³/mol. The minimum Gasteiger partial charge on any atom is -0.479 e. The van der Waals surface area contributed by atoms with Crippen molar-refractivity contribution in [2.24, 2.45) is 0 Å². The minimum atomic E-state index is -1.10. The standard InChI is InChI=1S/C35H32N2O4/c38-34(39)31(41-30-22-12-18-25-13-10-11-21-29(25)30)23-24-36-32(26-14-4-1-5-15-26)33(27-16-6-2-7-17-27)37(35(36)40)28-19-8-3-9-20-28/h1-9,12,14-20,22,31H,10-11,13,21,23-24H2,(H,38,39). The number of imidazole rings is 1. The van der Waals surface area contributed by atoms with Gasteiger partial charge in [-0.25, -0.2) is 9.59 Å². The van der Waals surface area contributed by atoms with Crippen molar-refractivity contribution in [1.29, 1.82) is 0 Å². The summed E-state index contributed by atoms with van der Waals surface area (Å²) in [6.45, 7) is 0.175. The van der Waals surface area contributed by atoms with E-state index >= 15 is 0 Å². The number of aliphatic carboxylic acids is 1. The summed E-state index contributed by atoms with van der Waals surface area (Å²) < 4.78 is 9.59. The Morgan fingerprint density at radius 3 is 2.02 bits per heavy atom. The summed E-state index contributed by atoms with van der Waals surface area (Å²) in [5.41, 5.74) is 6.13. The summed E-state index contributed by atoms with van der Waals surface area (Å²) in [5.74, 6) is -0.407. The van der Waals surface area contributed by atoms with Gasteiger partial charge in [-0.1, -0.05) is 91.0 Å². The van der Waals surface area contributed by atoms with E-state index in [0.717, 1.165) is 59.4 Å². The molecule has 0 saturated carbocycles. The largest absolute Gasteiger partial charge is 0.479 e. The van der Waals surface area contributed by atoms with Crippen LogP contribution < -0.4 is 10.4 Å². The van der Waals surface area contributed by atoms with E-state index in [1.807, 2.05) is 103 Å². The molecule has 0 aliphatic heterocycles. The van der Waals surface area contributed by atoms with Crippen molar-refractivity contribution in [3.05, 3.63) is 131 Å². The van der Waals surface area contributed by atoms with E-state index in [-0.39, 0.29) is 18.7 Å². The highest BCUT2D eigenvalue weighted by atomic mass is 16.5. The number of benzene rings is 4. The van der Waals surface area contributed by atoms with Crippen LogP contribution in [0.3, 0.4) is 0 Å². The quantitative estimate of drug-likeness (QED) is 0.222. The molecule has 0 fully saturated rings. The van der Waals surface area contributed by atoms with Gasteiger partial charge in [-0.3, -0.25) is 9.13 Å². The van der Waals surface area contributed by atoms with Gasteiger partial charge in [0.05, 0.1) is 17.1 Å². The van der Waals surface area contributed by atoms with Gasteiger partial charge in [0.15, 0.2) is 6.10 Å². The molecule has 0 bridgehead atoms. The molecule has 1 aromatic heterocycles. The maximum Gasteiger partial charge on any atom is 0.344 e. The molecule has 1 unspecified atom stereocenters. The van der Waals surface area contributed by atoms with Gasteiger partial charge >= 0.3 is 11.7 Å². The summed E-state index contributed by atoms with van der Waals surface area (Å²) in [6, 6.07) is 35.1. The molecular weight excluding hydrogens is 512 g/mol. The minimum absolute atomic E-state index is 0.131. The highest BCUT2D eigenvalue weighted by Gasteiger charge is 2.27. The van der Waals surface area contributed by atoms with Gasteiger partial charge in [-0.05, 0) is 55.0 Å². The number of hydrogen-bond donors (Lipinski definition) is 1. The molecule has 1 aliphatic rings. The molecule has 0 saturated heterocycles. The second kappa shape index (κ2) is 11.7. The Hall–Kier alpha value is -4.84. The molecule has 41 heavy (non-hydrogen) atoms. The molecule has 4 aromatic carbocycles. The van der Waals surface area contributed by atoms with Gasteiger partial charge in [0.2, 0.25) is 0 Å². The number of para-hydroxylation sites is 1. The fourth-order valence-electron chi connectivity index (χ4n) is 5.81. The zero-order chi connectivity index (χ0) is 28.2. The molecule has 1 aliphatic carbocycles. The third-order valence-electron chi connectivity index (χ3n) is 7.76. The number of ether oxygens (including phenoxy) is 1. The average molecular weight is 545 g/mol. The number of rotatable bonds is 9. The van der Waals surface area contributed by atoms with Crippen LogP contribution in [0.5, 0.6) is 5.75 Å². The number of carbonyl (C=O) groups is 1. The molecule has 0 radical (unpaired) electrons. The zero-order valence-corrected chi connectivity index (χ0v) is 22.8. The fraction of sp³-hybridized carbons (Fsp3) is 0.200. The van der Waals surface area contributed by atoms with Crippen molar-refractivity contribution in [3.8, 4) is 34.0 Å². The maximum atomic E-state index is 14.2. The van der Waals surface area contributed by atoms with Crippen molar-refractivity contribution >= 4 is 5.97 Å². The van der Waals surface area contributed by atoms with Gasteiger partial charge < -0.3 is 9.84 Å². The number of fused-ring (bicyclic) bond motifs is 1. The number of nitrogens with zero attached hydrogens (tertiary/aromatic N) is 2. The predicted octanol–water partition coefficient (Wildman–Crippen LogP) is 6.77. The highest BCUT2D eigenvalue weighted by molar-refractivity contribution is 5.80. The van der Waals surface area contributed by atoms with Crippen LogP contribution in [0.15, 0.2) is 114 Å². The van der Waals surface area contributed by atoms with E-state index in [1.54, 1.807) is 9.13 Å². The summed E-state index contributed by atoms with van der Waals surface area (Å²) >= 11 is 0. The average Bonchev–Trinajstić information content (AvgIpc) is 3.32. The number of aromatic nitrogens is 2. The van der Waals surface area contributed by atoms with Gasteiger partial charge in [0, 0.05) is 24.1 Å². The maximum absolute atomic E-state index is 14.2. The number of carboxylic acid groups (broad SMARTS) is 1. The van der Waals surface area contributed by atoms with Crippen LogP contribution in [0, 0.1) is 0 Å². The molecule has 1 heterocycles. The van der Waals surface area contributed by atoms with E-state index in [1.165, 1.54) is 5.56 Å². The summed E-state index contributed by atoms with van der Waals surface area (Å²) in [6.07, 6.45) is 3.10. The first-order valence-corrected chi connectivity index (χ1v) is 14.1. The van der Waals surface area contributed by atoms with Crippen LogP contribution >= 0.6 is 0 Å². The van der Waals surface area contributed by atoms with Gasteiger partial charge in [0.1, 0.15) is 5.75 Å². The third-order valence-corrected chi connectivity index (χ3v) is 7.76. The monoisotopic (exact) mass is 544 g/mol. The van der Waals surface area contributed by atoms with Gasteiger partial charge in [-0.2, -0.15) is 0 Å². The molecule has 6 heteroatoms. The van der Waals surface area contributed by atoms with Crippen LogP contribution in [0.25, 0.3) is 28.2 Å². The Morgan fingerprint density at radius 2 is 1.37 bits per heavy atom. The first kappa shape index (κ1) is 26.4. The lowest BCUT2D eigenvalue weighted by atomic mass is 9.91. The molecular formula is C35H32N2O4. The first-order valence-electron chi connectivity index (χ1n) is 14.1. The van der Waals surface area contributed by atoms with Gasteiger partial charge in [0.25, 0.3) is 0 Å². The molecule has 5 aromatic rings. The van der Waals surface area contributed by atoms with E-state index < -0.39 is 12.1 Å². The summed E-state index contributed by atoms with van der Waals surface area (Å²) in [5, 5.41) is 10.2.